The molecule has 1 N–H and O–H groups in total. The van der Waals surface area contributed by atoms with Crippen LogP contribution in [-0.2, 0) is 13.1 Å². The molecular weight excluding hydrogens is 312 g/mol. The summed E-state index contributed by atoms with van der Waals surface area (Å²) in [5, 5.41) is 3.07. The molecule has 0 aromatic carbocycles. The normalized spacial score (nSPS) is 21.6. The highest BCUT2D eigenvalue weighted by Crippen LogP contribution is 2.32. The first-order chi connectivity index (χ1) is 11.7. The van der Waals surface area contributed by atoms with Crippen LogP contribution in [0, 0.1) is 11.3 Å². The first-order valence-electron chi connectivity index (χ1n) is 9.50. The highest BCUT2D eigenvalue weighted by atomic mass is 16.1. The molecule has 25 heavy (non-hydrogen) atoms. The zero-order chi connectivity index (χ0) is 18.2. The van der Waals surface area contributed by atoms with Crippen molar-refractivity contribution in [3.8, 4) is 0 Å². The van der Waals surface area contributed by atoms with E-state index in [4.69, 9.17) is 4.98 Å². The number of hydrogen-bond acceptors (Lipinski definition) is 3. The number of aromatic nitrogens is 2. The predicted molar refractivity (Wildman–Crippen MR) is 101 cm³/mol. The average molecular weight is 345 g/mol. The van der Waals surface area contributed by atoms with E-state index in [0.29, 0.717) is 12.2 Å². The van der Waals surface area contributed by atoms with Crippen molar-refractivity contribution in [1.29, 1.82) is 0 Å². The van der Waals surface area contributed by atoms with Gasteiger partial charge in [0.1, 0.15) is 5.82 Å². The molecule has 1 unspecified atom stereocenters. The molecule has 1 aromatic rings. The third-order valence-electron chi connectivity index (χ3n) is 5.15. The zero-order valence-corrected chi connectivity index (χ0v) is 16.4. The lowest BCUT2D eigenvalue weighted by Gasteiger charge is -2.27. The Labute approximate surface area is 151 Å². The molecule has 0 saturated heterocycles. The van der Waals surface area contributed by atoms with Gasteiger partial charge in [-0.05, 0) is 43.2 Å². The Kier molecular flexibility index (Phi) is 5.05. The van der Waals surface area contributed by atoms with Crippen molar-refractivity contribution in [3.05, 3.63) is 23.3 Å². The van der Waals surface area contributed by atoms with E-state index in [9.17, 15) is 4.79 Å². The Hall–Kier alpha value is -1.62. The van der Waals surface area contributed by atoms with Crippen LogP contribution in [0.15, 0.2) is 6.08 Å². The largest absolute Gasteiger partial charge is 0.350 e. The monoisotopic (exact) mass is 344 g/mol. The molecule has 1 aliphatic carbocycles. The summed E-state index contributed by atoms with van der Waals surface area (Å²) in [4.78, 5) is 19.9. The van der Waals surface area contributed by atoms with Crippen molar-refractivity contribution in [2.45, 2.75) is 60.0 Å². The average Bonchev–Trinajstić information content (AvgIpc) is 2.91. The van der Waals surface area contributed by atoms with E-state index in [-0.39, 0.29) is 11.3 Å². The second kappa shape index (κ2) is 6.94. The standard InChI is InChI=1S/C20H32N4O/c1-14-6-8-15(9-7-14)18-22-17(19(25)21-13-20(2,3)4)16-12-23(5)10-11-24(16)18/h8,14H,6-7,9-13H2,1-5H3,(H,21,25). The number of likely N-dealkylation sites (N-methyl/N-ethyl adjacent to an activating group) is 1. The van der Waals surface area contributed by atoms with E-state index in [1.807, 2.05) is 0 Å². The molecule has 2 aliphatic rings. The number of allylic oxidation sites excluding steroid dienone is 2. The molecule has 5 heteroatoms. The van der Waals surface area contributed by atoms with Crippen molar-refractivity contribution in [2.24, 2.45) is 11.3 Å². The molecule has 1 aromatic heterocycles. The fourth-order valence-corrected chi connectivity index (χ4v) is 3.52. The minimum atomic E-state index is -0.0370. The van der Waals surface area contributed by atoms with Crippen molar-refractivity contribution >= 4 is 11.5 Å². The third kappa shape index (κ3) is 4.14. The number of carbonyl (C=O) groups is 1. The van der Waals surface area contributed by atoms with E-state index < -0.39 is 0 Å². The van der Waals surface area contributed by atoms with Crippen molar-refractivity contribution in [1.82, 2.24) is 19.8 Å². The number of fused-ring (bicyclic) bond motifs is 1. The number of nitrogens with zero attached hydrogens (tertiary/aromatic N) is 3. The highest BCUT2D eigenvalue weighted by Gasteiger charge is 2.28. The van der Waals surface area contributed by atoms with Gasteiger partial charge in [0, 0.05) is 26.2 Å². The highest BCUT2D eigenvalue weighted by molar-refractivity contribution is 5.94. The number of imidazole rings is 1. The van der Waals surface area contributed by atoms with E-state index in [1.54, 1.807) is 0 Å². The van der Waals surface area contributed by atoms with Gasteiger partial charge in [0.25, 0.3) is 5.91 Å². The summed E-state index contributed by atoms with van der Waals surface area (Å²) >= 11 is 0. The summed E-state index contributed by atoms with van der Waals surface area (Å²) < 4.78 is 2.29. The zero-order valence-electron chi connectivity index (χ0n) is 16.4. The van der Waals surface area contributed by atoms with Gasteiger partial charge in [-0.1, -0.05) is 33.8 Å². The second-order valence-corrected chi connectivity index (χ2v) is 8.97. The van der Waals surface area contributed by atoms with E-state index in [0.717, 1.165) is 49.9 Å². The van der Waals surface area contributed by atoms with Crippen LogP contribution >= 0.6 is 0 Å². The fourth-order valence-electron chi connectivity index (χ4n) is 3.52. The summed E-state index contributed by atoms with van der Waals surface area (Å²) in [6.07, 6.45) is 5.72. The molecule has 0 radical (unpaired) electrons. The number of rotatable bonds is 3. The van der Waals surface area contributed by atoms with Gasteiger partial charge in [-0.2, -0.15) is 0 Å². The summed E-state index contributed by atoms with van der Waals surface area (Å²) in [5.41, 5.74) is 3.07. The van der Waals surface area contributed by atoms with Gasteiger partial charge in [-0.15, -0.1) is 0 Å². The van der Waals surface area contributed by atoms with Crippen LogP contribution in [0.1, 0.15) is 69.0 Å². The van der Waals surface area contributed by atoms with Gasteiger partial charge in [0.15, 0.2) is 5.69 Å². The van der Waals surface area contributed by atoms with Crippen molar-refractivity contribution in [3.63, 3.8) is 0 Å². The molecule has 5 nitrogen and oxygen atoms in total. The Morgan fingerprint density at radius 2 is 2.12 bits per heavy atom. The molecule has 1 aliphatic heterocycles. The van der Waals surface area contributed by atoms with Crippen molar-refractivity contribution in [2.75, 3.05) is 20.1 Å². The SMILES string of the molecule is CC1CC=C(c2nc(C(=O)NCC(C)(C)C)c3n2CCN(C)C3)CC1. The van der Waals surface area contributed by atoms with Crippen LogP contribution < -0.4 is 5.32 Å². The molecule has 0 fully saturated rings. The van der Waals surface area contributed by atoms with Crippen LogP contribution in [0.25, 0.3) is 5.57 Å². The van der Waals surface area contributed by atoms with E-state index in [2.05, 4.69) is 55.6 Å². The molecule has 2 heterocycles. The quantitative estimate of drug-likeness (QED) is 0.915. The first kappa shape index (κ1) is 18.2. The number of hydrogen-bond donors (Lipinski definition) is 1. The minimum Gasteiger partial charge on any atom is -0.350 e. The summed E-state index contributed by atoms with van der Waals surface area (Å²) in [6, 6.07) is 0. The van der Waals surface area contributed by atoms with Gasteiger partial charge in [0.2, 0.25) is 0 Å². The van der Waals surface area contributed by atoms with Crippen LogP contribution in [0.5, 0.6) is 0 Å². The Balaban J connectivity index is 1.92. The Morgan fingerprint density at radius 1 is 1.36 bits per heavy atom. The predicted octanol–water partition coefficient (Wildman–Crippen LogP) is 3.31. The summed E-state index contributed by atoms with van der Waals surface area (Å²) in [7, 11) is 2.11. The molecule has 0 bridgehead atoms. The first-order valence-corrected chi connectivity index (χ1v) is 9.50. The maximum atomic E-state index is 12.8. The Morgan fingerprint density at radius 3 is 2.76 bits per heavy atom. The fraction of sp³-hybridized carbons (Fsp3) is 0.700. The smallest absolute Gasteiger partial charge is 0.271 e. The summed E-state index contributed by atoms with van der Waals surface area (Å²) in [6.45, 7) is 12.0. The maximum absolute atomic E-state index is 12.8. The second-order valence-electron chi connectivity index (χ2n) is 8.97. The molecule has 138 valence electrons. The van der Waals surface area contributed by atoms with Crippen molar-refractivity contribution < 1.29 is 4.79 Å². The molecule has 0 spiro atoms. The molecule has 3 rings (SSSR count). The Bertz CT molecular complexity index is 681. The van der Waals surface area contributed by atoms with Gasteiger partial charge in [-0.25, -0.2) is 4.98 Å². The molecule has 1 amide bonds. The lowest BCUT2D eigenvalue weighted by molar-refractivity contribution is 0.0931. The van der Waals surface area contributed by atoms with E-state index >= 15 is 0 Å². The molecular formula is C20H32N4O. The topological polar surface area (TPSA) is 50.2 Å². The van der Waals surface area contributed by atoms with Crippen LogP contribution in [-0.4, -0.2) is 40.5 Å². The van der Waals surface area contributed by atoms with Gasteiger partial charge >= 0.3 is 0 Å². The maximum Gasteiger partial charge on any atom is 0.271 e. The molecule has 0 saturated carbocycles. The van der Waals surface area contributed by atoms with E-state index in [1.165, 1.54) is 12.0 Å². The minimum absolute atomic E-state index is 0.0370. The van der Waals surface area contributed by atoms with Crippen LogP contribution in [0.3, 0.4) is 0 Å². The number of nitrogens with one attached hydrogen (secondary N) is 1. The third-order valence-corrected chi connectivity index (χ3v) is 5.15. The lowest BCUT2D eigenvalue weighted by Crippen LogP contribution is -2.35. The van der Waals surface area contributed by atoms with Crippen LogP contribution in [0.2, 0.25) is 0 Å². The van der Waals surface area contributed by atoms with Gasteiger partial charge in [0.05, 0.1) is 5.69 Å². The van der Waals surface area contributed by atoms with Crippen LogP contribution in [0.4, 0.5) is 0 Å². The summed E-state index contributed by atoms with van der Waals surface area (Å²) in [5.74, 6) is 1.74. The van der Waals surface area contributed by atoms with Gasteiger partial charge in [-0.3, -0.25) is 9.69 Å². The lowest BCUT2D eigenvalue weighted by atomic mass is 9.91. The molecule has 1 atom stereocenters. The number of amides is 1. The van der Waals surface area contributed by atoms with Gasteiger partial charge < -0.3 is 9.88 Å². The number of carbonyl (C=O) groups excluding carboxylic acids is 1.